The number of nitrogens with zero attached hydrogens (tertiary/aromatic N) is 1. The first-order chi connectivity index (χ1) is 5.54. The van der Waals surface area contributed by atoms with Crippen molar-refractivity contribution >= 4 is 5.97 Å². The van der Waals surface area contributed by atoms with Crippen molar-refractivity contribution in [1.82, 2.24) is 4.68 Å². The van der Waals surface area contributed by atoms with Crippen LogP contribution in [0.3, 0.4) is 0 Å². The van der Waals surface area contributed by atoms with Crippen LogP contribution in [-0.4, -0.2) is 28.3 Å². The Morgan fingerprint density at radius 1 is 1.58 bits per heavy atom. The van der Waals surface area contributed by atoms with Gasteiger partial charge in [0, 0.05) is 0 Å². The second-order valence-electron chi connectivity index (χ2n) is 2.25. The van der Waals surface area contributed by atoms with Crippen molar-refractivity contribution < 1.29 is 9.90 Å². The van der Waals surface area contributed by atoms with E-state index >= 15 is 0 Å². The van der Waals surface area contributed by atoms with E-state index in [0.717, 1.165) is 0 Å². The van der Waals surface area contributed by atoms with Gasteiger partial charge in [-0.25, -0.2) is 0 Å². The number of carboxylic acid groups (broad SMARTS) is 1. The summed E-state index contributed by atoms with van der Waals surface area (Å²) in [6.07, 6.45) is 0. The number of carboxylic acids is 1. The van der Waals surface area contributed by atoms with Gasteiger partial charge in [0.15, 0.2) is 0 Å². The summed E-state index contributed by atoms with van der Waals surface area (Å²) < 4.78 is 0.711. The van der Waals surface area contributed by atoms with E-state index in [9.17, 15) is 14.4 Å². The molecule has 0 aromatic carbocycles. The van der Waals surface area contributed by atoms with E-state index in [-0.39, 0.29) is 6.54 Å². The molecule has 1 atom stereocenters. The van der Waals surface area contributed by atoms with E-state index in [2.05, 4.69) is 5.43 Å². The summed E-state index contributed by atoms with van der Waals surface area (Å²) in [5.41, 5.74) is 5.99. The molecule has 12 heavy (non-hydrogen) atoms. The fraction of sp³-hybridized carbons (Fsp3) is 0.400. The molecule has 0 spiro atoms. The van der Waals surface area contributed by atoms with Crippen molar-refractivity contribution in [2.75, 3.05) is 12.0 Å². The molecule has 1 heterocycles. The van der Waals surface area contributed by atoms with Gasteiger partial charge in [0.2, 0.25) is 0 Å². The molecule has 7 heteroatoms. The smallest absolute Gasteiger partial charge is 0.340 e. The molecule has 0 radical (unpaired) electrons. The molecule has 0 aliphatic heterocycles. The van der Waals surface area contributed by atoms with Gasteiger partial charge < -0.3 is 16.3 Å². The highest BCUT2D eigenvalue weighted by molar-refractivity contribution is 5.73. The maximum absolute atomic E-state index is 10.3. The minimum atomic E-state index is -1.19. The molecule has 0 fully saturated rings. The minimum Gasteiger partial charge on any atom is -0.480 e. The van der Waals surface area contributed by atoms with Crippen LogP contribution in [0.1, 0.15) is 0 Å². The fourth-order valence-corrected chi connectivity index (χ4v) is 0.555. The van der Waals surface area contributed by atoms with Gasteiger partial charge in [0.25, 0.3) is 0 Å². The van der Waals surface area contributed by atoms with Crippen LogP contribution >= 0.6 is 0 Å². The van der Waals surface area contributed by atoms with Gasteiger partial charge in [0.1, 0.15) is 6.04 Å². The third-order valence-electron chi connectivity index (χ3n) is 1.33. The molecular formula is C5H7N3O4. The molecule has 0 amide bonds. The molecule has 1 aromatic rings. The normalized spacial score (nSPS) is 13.1. The molecular weight excluding hydrogens is 166 g/mol. The van der Waals surface area contributed by atoms with E-state index in [1.165, 1.54) is 0 Å². The number of hydrogen-bond donors (Lipinski definition) is 3. The molecule has 1 aromatic heterocycles. The standard InChI is InChI=1S/C5H7N3O4/c6-2(5(11)12)1-7-8-3(9)4(8)10/h2,7H,1,6H2,(H,11,12). The summed E-state index contributed by atoms with van der Waals surface area (Å²) in [4.78, 5) is 30.8. The zero-order valence-corrected chi connectivity index (χ0v) is 5.98. The first-order valence-electron chi connectivity index (χ1n) is 3.14. The third kappa shape index (κ3) is 1.51. The summed E-state index contributed by atoms with van der Waals surface area (Å²) >= 11 is 0. The zero-order valence-electron chi connectivity index (χ0n) is 5.98. The van der Waals surface area contributed by atoms with Gasteiger partial charge in [-0.3, -0.25) is 14.4 Å². The molecule has 1 unspecified atom stereocenters. The lowest BCUT2D eigenvalue weighted by Crippen LogP contribution is -2.39. The number of hydrogen-bond acceptors (Lipinski definition) is 5. The summed E-state index contributed by atoms with van der Waals surface area (Å²) in [5.74, 6) is -1.19. The van der Waals surface area contributed by atoms with Crippen molar-refractivity contribution in [2.45, 2.75) is 6.04 Å². The van der Waals surface area contributed by atoms with Crippen molar-refractivity contribution in [3.8, 4) is 0 Å². The molecule has 1 rings (SSSR count). The number of nitrogens with two attached hydrogens (primary N) is 1. The minimum absolute atomic E-state index is 0.146. The quantitative estimate of drug-likeness (QED) is 0.419. The molecule has 7 nitrogen and oxygen atoms in total. The highest BCUT2D eigenvalue weighted by Gasteiger charge is 2.18. The zero-order chi connectivity index (χ0) is 9.30. The van der Waals surface area contributed by atoms with Crippen LogP contribution in [-0.2, 0) is 4.79 Å². The first kappa shape index (κ1) is 8.47. The molecule has 4 N–H and O–H groups in total. The van der Waals surface area contributed by atoms with Crippen LogP contribution in [0.5, 0.6) is 0 Å². The Bertz CT molecular complexity index is 336. The lowest BCUT2D eigenvalue weighted by Gasteiger charge is -2.04. The Morgan fingerprint density at radius 3 is 2.42 bits per heavy atom. The lowest BCUT2D eigenvalue weighted by molar-refractivity contribution is -0.138. The summed E-state index contributed by atoms with van der Waals surface area (Å²) in [5, 5.41) is 8.29. The molecule has 0 aliphatic rings. The van der Waals surface area contributed by atoms with Crippen LogP contribution in [0.2, 0.25) is 0 Å². The Morgan fingerprint density at radius 2 is 2.08 bits per heavy atom. The van der Waals surface area contributed by atoms with Crippen LogP contribution in [0.4, 0.5) is 0 Å². The molecule has 0 aliphatic carbocycles. The number of aliphatic carboxylic acids is 1. The highest BCUT2D eigenvalue weighted by atomic mass is 16.4. The SMILES string of the molecule is NC(CNn1c(=O)c1=O)C(=O)O. The topological polar surface area (TPSA) is 114 Å². The summed E-state index contributed by atoms with van der Waals surface area (Å²) in [6, 6.07) is -1.12. The van der Waals surface area contributed by atoms with Gasteiger partial charge in [-0.05, 0) is 0 Å². The maximum atomic E-state index is 10.3. The largest absolute Gasteiger partial charge is 0.480 e. The third-order valence-corrected chi connectivity index (χ3v) is 1.33. The lowest BCUT2D eigenvalue weighted by atomic mass is 10.3. The number of aromatic nitrogens is 1. The van der Waals surface area contributed by atoms with Gasteiger partial charge in [-0.1, -0.05) is 0 Å². The predicted octanol–water partition coefficient (Wildman–Crippen LogP) is -2.96. The number of carbonyl (C=O) groups is 1. The van der Waals surface area contributed by atoms with Crippen molar-refractivity contribution in [3.63, 3.8) is 0 Å². The van der Waals surface area contributed by atoms with E-state index in [1.807, 2.05) is 0 Å². The monoisotopic (exact) mass is 173 g/mol. The fourth-order valence-electron chi connectivity index (χ4n) is 0.555. The second-order valence-corrected chi connectivity index (χ2v) is 2.25. The Labute approximate surface area is 66.1 Å². The molecule has 0 saturated heterocycles. The second kappa shape index (κ2) is 2.78. The molecule has 0 bridgehead atoms. The van der Waals surface area contributed by atoms with Crippen molar-refractivity contribution in [3.05, 3.63) is 20.7 Å². The van der Waals surface area contributed by atoms with E-state index in [1.54, 1.807) is 0 Å². The Kier molecular flexibility index (Phi) is 1.96. The van der Waals surface area contributed by atoms with E-state index in [0.29, 0.717) is 4.68 Å². The van der Waals surface area contributed by atoms with Crippen LogP contribution in [0, 0.1) is 0 Å². The van der Waals surface area contributed by atoms with Crippen molar-refractivity contribution in [1.29, 1.82) is 0 Å². The summed E-state index contributed by atoms with van der Waals surface area (Å²) in [6.45, 7) is -0.146. The van der Waals surface area contributed by atoms with Gasteiger partial charge in [0.05, 0.1) is 6.54 Å². The maximum Gasteiger partial charge on any atom is 0.340 e. The van der Waals surface area contributed by atoms with Crippen LogP contribution < -0.4 is 22.3 Å². The Balaban J connectivity index is 2.38. The van der Waals surface area contributed by atoms with Crippen molar-refractivity contribution in [2.24, 2.45) is 5.73 Å². The molecule has 66 valence electrons. The predicted molar refractivity (Wildman–Crippen MR) is 39.2 cm³/mol. The Hall–Kier alpha value is -1.63. The summed E-state index contributed by atoms with van der Waals surface area (Å²) in [7, 11) is 0. The van der Waals surface area contributed by atoms with Gasteiger partial charge in [-0.2, -0.15) is 4.68 Å². The highest BCUT2D eigenvalue weighted by Crippen LogP contribution is 1.76. The van der Waals surface area contributed by atoms with Crippen LogP contribution in [0.25, 0.3) is 0 Å². The average Bonchev–Trinajstić information content (AvgIpc) is 2.56. The van der Waals surface area contributed by atoms with Crippen LogP contribution in [0.15, 0.2) is 9.59 Å². The molecule has 0 saturated carbocycles. The van der Waals surface area contributed by atoms with Gasteiger partial charge in [-0.15, -0.1) is 0 Å². The number of rotatable bonds is 4. The van der Waals surface area contributed by atoms with E-state index in [4.69, 9.17) is 10.8 Å². The average molecular weight is 173 g/mol. The van der Waals surface area contributed by atoms with Gasteiger partial charge >= 0.3 is 17.1 Å². The number of nitrogens with one attached hydrogen (secondary N) is 1. The first-order valence-corrected chi connectivity index (χ1v) is 3.14. The van der Waals surface area contributed by atoms with E-state index < -0.39 is 23.1 Å².